The van der Waals surface area contributed by atoms with E-state index in [1.165, 1.54) is 0 Å². The lowest BCUT2D eigenvalue weighted by molar-refractivity contribution is 0.370. The topological polar surface area (TPSA) is 51.1 Å². The summed E-state index contributed by atoms with van der Waals surface area (Å²) in [5, 5.41) is 13.9. The van der Waals surface area contributed by atoms with E-state index in [2.05, 4.69) is 35.2 Å². The Balaban J connectivity index is 1.97. The normalized spacial score (nSPS) is 17.3. The molecule has 1 aromatic carbocycles. The molecular weight excluding hydrogens is 308 g/mol. The molecule has 23 heavy (non-hydrogen) atoms. The molecule has 1 unspecified atom stereocenters. The number of thioether (sulfide) groups is 1. The van der Waals surface area contributed by atoms with Crippen molar-refractivity contribution in [1.82, 2.24) is 10.2 Å². The van der Waals surface area contributed by atoms with Crippen molar-refractivity contribution in [3.05, 3.63) is 24.3 Å². The van der Waals surface area contributed by atoms with Gasteiger partial charge in [0.05, 0.1) is 12.2 Å². The maximum absolute atomic E-state index is 10.0. The van der Waals surface area contributed by atoms with Gasteiger partial charge in [0, 0.05) is 38.0 Å². The lowest BCUT2D eigenvalue weighted by Gasteiger charge is -2.38. The average molecular weight is 337 g/mol. The van der Waals surface area contributed by atoms with E-state index in [1.54, 1.807) is 6.07 Å². The standard InChI is InChI=1S/C17H28N4OS/c1-4-18-17(19-13-14(2)23-3)21-11-9-20(10-12-21)15-7-5-6-8-16(15)22/h5-8,14,22H,4,9-13H2,1-3H3,(H,18,19). The zero-order chi connectivity index (χ0) is 16.7. The molecule has 6 heteroatoms. The van der Waals surface area contributed by atoms with E-state index >= 15 is 0 Å². The molecule has 1 aromatic rings. The van der Waals surface area contributed by atoms with Gasteiger partial charge in [-0.05, 0) is 25.3 Å². The van der Waals surface area contributed by atoms with Crippen molar-refractivity contribution >= 4 is 23.4 Å². The summed E-state index contributed by atoms with van der Waals surface area (Å²) < 4.78 is 0. The Labute approximate surface area is 143 Å². The van der Waals surface area contributed by atoms with Crippen molar-refractivity contribution < 1.29 is 5.11 Å². The summed E-state index contributed by atoms with van der Waals surface area (Å²) in [6.45, 7) is 9.62. The van der Waals surface area contributed by atoms with Gasteiger partial charge in [-0.15, -0.1) is 0 Å². The van der Waals surface area contributed by atoms with Gasteiger partial charge in [0.15, 0.2) is 5.96 Å². The molecule has 0 aliphatic carbocycles. The van der Waals surface area contributed by atoms with Crippen LogP contribution in [0.25, 0.3) is 0 Å². The SMILES string of the molecule is CCNC(=NCC(C)SC)N1CCN(c2ccccc2O)CC1. The first kappa shape index (κ1) is 17.8. The number of piperazine rings is 1. The first-order valence-electron chi connectivity index (χ1n) is 8.24. The quantitative estimate of drug-likeness (QED) is 0.638. The average Bonchev–Trinajstić information content (AvgIpc) is 2.59. The summed E-state index contributed by atoms with van der Waals surface area (Å²) in [6, 6.07) is 7.55. The Morgan fingerprint density at radius 3 is 2.61 bits per heavy atom. The fourth-order valence-electron chi connectivity index (χ4n) is 2.61. The van der Waals surface area contributed by atoms with Crippen LogP contribution >= 0.6 is 11.8 Å². The number of phenolic OH excluding ortho intramolecular Hbond substituents is 1. The van der Waals surface area contributed by atoms with Crippen molar-refractivity contribution in [1.29, 1.82) is 0 Å². The van der Waals surface area contributed by atoms with Crippen LogP contribution < -0.4 is 10.2 Å². The number of guanidine groups is 1. The van der Waals surface area contributed by atoms with Gasteiger partial charge < -0.3 is 20.2 Å². The molecular formula is C17H28N4OS. The smallest absolute Gasteiger partial charge is 0.194 e. The summed E-state index contributed by atoms with van der Waals surface area (Å²) in [5.41, 5.74) is 0.921. The number of aliphatic imine (C=N–C) groups is 1. The third-order valence-corrected chi connectivity index (χ3v) is 4.99. The van der Waals surface area contributed by atoms with E-state index < -0.39 is 0 Å². The van der Waals surface area contributed by atoms with E-state index in [4.69, 9.17) is 4.99 Å². The molecule has 1 aliphatic heterocycles. The molecule has 0 radical (unpaired) electrons. The lowest BCUT2D eigenvalue weighted by atomic mass is 10.2. The summed E-state index contributed by atoms with van der Waals surface area (Å²) in [6.07, 6.45) is 2.12. The summed E-state index contributed by atoms with van der Waals surface area (Å²) in [4.78, 5) is 9.31. The molecule has 1 heterocycles. The highest BCUT2D eigenvalue weighted by Crippen LogP contribution is 2.27. The summed E-state index contributed by atoms with van der Waals surface area (Å²) in [5.74, 6) is 1.36. The molecule has 5 nitrogen and oxygen atoms in total. The number of rotatable bonds is 5. The van der Waals surface area contributed by atoms with Gasteiger partial charge in [-0.3, -0.25) is 4.99 Å². The first-order chi connectivity index (χ1) is 11.2. The van der Waals surface area contributed by atoms with Crippen LogP contribution in [0.3, 0.4) is 0 Å². The number of para-hydroxylation sites is 2. The zero-order valence-electron chi connectivity index (χ0n) is 14.3. The van der Waals surface area contributed by atoms with Crippen molar-refractivity contribution in [3.8, 4) is 5.75 Å². The highest BCUT2D eigenvalue weighted by molar-refractivity contribution is 7.99. The van der Waals surface area contributed by atoms with Gasteiger partial charge in [0.2, 0.25) is 0 Å². The maximum atomic E-state index is 10.0. The molecule has 0 aromatic heterocycles. The number of phenols is 1. The third-order valence-electron chi connectivity index (χ3n) is 4.04. The van der Waals surface area contributed by atoms with Gasteiger partial charge >= 0.3 is 0 Å². The molecule has 1 atom stereocenters. The second-order valence-electron chi connectivity index (χ2n) is 5.70. The number of benzene rings is 1. The van der Waals surface area contributed by atoms with E-state index in [9.17, 15) is 5.11 Å². The fraction of sp³-hybridized carbons (Fsp3) is 0.588. The second-order valence-corrected chi connectivity index (χ2v) is 6.98. The van der Waals surface area contributed by atoms with E-state index in [0.29, 0.717) is 11.0 Å². The van der Waals surface area contributed by atoms with Crippen LogP contribution in [0.2, 0.25) is 0 Å². The van der Waals surface area contributed by atoms with Crippen molar-refractivity contribution in [2.45, 2.75) is 19.1 Å². The number of nitrogens with one attached hydrogen (secondary N) is 1. The van der Waals surface area contributed by atoms with Crippen LogP contribution in [0.15, 0.2) is 29.3 Å². The van der Waals surface area contributed by atoms with Gasteiger partial charge in [-0.2, -0.15) is 11.8 Å². The van der Waals surface area contributed by atoms with E-state index in [1.807, 2.05) is 30.0 Å². The van der Waals surface area contributed by atoms with Crippen LogP contribution in [-0.2, 0) is 0 Å². The van der Waals surface area contributed by atoms with Crippen LogP contribution in [0.1, 0.15) is 13.8 Å². The monoisotopic (exact) mass is 336 g/mol. The third kappa shape index (κ3) is 4.96. The second kappa shape index (κ2) is 8.91. The van der Waals surface area contributed by atoms with Gasteiger partial charge in [0.25, 0.3) is 0 Å². The first-order valence-corrected chi connectivity index (χ1v) is 9.53. The van der Waals surface area contributed by atoms with Gasteiger partial charge in [-0.25, -0.2) is 0 Å². The number of aromatic hydroxyl groups is 1. The fourth-order valence-corrected chi connectivity index (χ4v) is 2.83. The lowest BCUT2D eigenvalue weighted by Crippen LogP contribution is -2.52. The van der Waals surface area contributed by atoms with Gasteiger partial charge in [0.1, 0.15) is 5.75 Å². The Bertz CT molecular complexity index is 515. The van der Waals surface area contributed by atoms with E-state index in [0.717, 1.165) is 50.9 Å². The molecule has 1 aliphatic rings. The predicted molar refractivity (Wildman–Crippen MR) is 101 cm³/mol. The van der Waals surface area contributed by atoms with E-state index in [-0.39, 0.29) is 0 Å². The van der Waals surface area contributed by atoms with Crippen LogP contribution in [0, 0.1) is 0 Å². The van der Waals surface area contributed by atoms with Crippen molar-refractivity contribution in [3.63, 3.8) is 0 Å². The van der Waals surface area contributed by atoms with Crippen molar-refractivity contribution in [2.75, 3.05) is 50.4 Å². The van der Waals surface area contributed by atoms with Crippen LogP contribution in [0.4, 0.5) is 5.69 Å². The number of hydrogen-bond donors (Lipinski definition) is 2. The van der Waals surface area contributed by atoms with Crippen LogP contribution in [-0.4, -0.2) is 66.7 Å². The predicted octanol–water partition coefficient (Wildman–Crippen LogP) is 2.23. The molecule has 1 fully saturated rings. The highest BCUT2D eigenvalue weighted by atomic mass is 32.2. The Morgan fingerprint density at radius 2 is 2.00 bits per heavy atom. The number of nitrogens with zero attached hydrogens (tertiary/aromatic N) is 3. The summed E-state index contributed by atoms with van der Waals surface area (Å²) >= 11 is 1.84. The number of anilines is 1. The van der Waals surface area contributed by atoms with Gasteiger partial charge in [-0.1, -0.05) is 19.1 Å². The Morgan fingerprint density at radius 1 is 1.30 bits per heavy atom. The minimum atomic E-state index is 0.357. The Kier molecular flexibility index (Phi) is 6.89. The maximum Gasteiger partial charge on any atom is 0.194 e. The molecule has 0 amide bonds. The van der Waals surface area contributed by atoms with Crippen molar-refractivity contribution in [2.24, 2.45) is 4.99 Å². The zero-order valence-corrected chi connectivity index (χ0v) is 15.1. The molecule has 0 spiro atoms. The molecule has 2 N–H and O–H groups in total. The molecule has 0 bridgehead atoms. The minimum absolute atomic E-state index is 0.357. The minimum Gasteiger partial charge on any atom is -0.506 e. The summed E-state index contributed by atoms with van der Waals surface area (Å²) in [7, 11) is 0. The number of hydrogen-bond acceptors (Lipinski definition) is 4. The molecule has 0 saturated carbocycles. The Hall–Kier alpha value is -1.56. The highest BCUT2D eigenvalue weighted by Gasteiger charge is 2.21. The largest absolute Gasteiger partial charge is 0.506 e. The molecule has 2 rings (SSSR count). The molecule has 128 valence electrons. The van der Waals surface area contributed by atoms with Crippen LogP contribution in [0.5, 0.6) is 5.75 Å². The molecule has 1 saturated heterocycles.